The Bertz CT molecular complexity index is 699. The number of amides is 2. The first-order valence-corrected chi connectivity index (χ1v) is 11.1. The van der Waals surface area contributed by atoms with Crippen LogP contribution in [0.15, 0.2) is 24.3 Å². The molecule has 3 aliphatic rings. The van der Waals surface area contributed by atoms with Gasteiger partial charge >= 0.3 is 0 Å². The molecule has 0 bridgehead atoms. The van der Waals surface area contributed by atoms with Gasteiger partial charge in [-0.3, -0.25) is 14.5 Å². The fourth-order valence-electron chi connectivity index (χ4n) is 5.34. The van der Waals surface area contributed by atoms with Crippen molar-refractivity contribution >= 4 is 17.5 Å². The minimum atomic E-state index is -0.0779. The third kappa shape index (κ3) is 4.75. The molecule has 0 aromatic heterocycles. The Morgan fingerprint density at radius 3 is 2.46 bits per heavy atom. The van der Waals surface area contributed by atoms with Gasteiger partial charge in [-0.15, -0.1) is 0 Å². The van der Waals surface area contributed by atoms with E-state index in [1.54, 1.807) is 6.07 Å². The van der Waals surface area contributed by atoms with Gasteiger partial charge in [0.25, 0.3) is 5.91 Å². The molecule has 1 aromatic rings. The minimum Gasteiger partial charge on any atom is -0.349 e. The van der Waals surface area contributed by atoms with E-state index in [1.807, 2.05) is 18.2 Å². The highest BCUT2D eigenvalue weighted by Crippen LogP contribution is 2.35. The van der Waals surface area contributed by atoms with Crippen molar-refractivity contribution in [3.8, 4) is 0 Å². The van der Waals surface area contributed by atoms with Gasteiger partial charge in [0.2, 0.25) is 5.91 Å². The van der Waals surface area contributed by atoms with E-state index in [2.05, 4.69) is 15.5 Å². The standard InChI is InChI=1S/C23H33N3O2/c27-22(16-26-14-13-17-7-1-2-8-18(17)15-26)25-21-12-6-5-11-20(21)23(28)24-19-9-3-4-10-19/h5-6,11-12,17-19H,1-4,7-10,13-16H2,(H,24,28)(H,25,27)/t17-,18+/m0/s1. The van der Waals surface area contributed by atoms with E-state index in [1.165, 1.54) is 44.9 Å². The molecule has 0 radical (unpaired) electrons. The molecular formula is C23H33N3O2. The van der Waals surface area contributed by atoms with Crippen LogP contribution in [-0.4, -0.2) is 42.4 Å². The summed E-state index contributed by atoms with van der Waals surface area (Å²) in [7, 11) is 0. The Balaban J connectivity index is 1.33. The summed E-state index contributed by atoms with van der Waals surface area (Å²) >= 11 is 0. The van der Waals surface area contributed by atoms with E-state index >= 15 is 0 Å². The number of nitrogens with one attached hydrogen (secondary N) is 2. The number of anilines is 1. The summed E-state index contributed by atoms with van der Waals surface area (Å²) in [4.78, 5) is 27.6. The topological polar surface area (TPSA) is 61.4 Å². The van der Waals surface area contributed by atoms with E-state index in [0.717, 1.165) is 37.8 Å². The maximum atomic E-state index is 12.7. The number of hydrogen-bond acceptors (Lipinski definition) is 3. The number of para-hydroxylation sites is 1. The first-order chi connectivity index (χ1) is 13.7. The molecule has 152 valence electrons. The minimum absolute atomic E-state index is 0.0182. The van der Waals surface area contributed by atoms with Crippen molar-refractivity contribution in [1.29, 1.82) is 0 Å². The molecule has 3 fully saturated rings. The van der Waals surface area contributed by atoms with Crippen molar-refractivity contribution in [3.05, 3.63) is 29.8 Å². The SMILES string of the molecule is O=C(CN1CC[C@@H]2CCCC[C@@H]2C1)Nc1ccccc1C(=O)NC1CCCC1. The molecule has 5 heteroatoms. The largest absolute Gasteiger partial charge is 0.349 e. The number of carbonyl (C=O) groups is 2. The van der Waals surface area contributed by atoms with Crippen LogP contribution in [0.25, 0.3) is 0 Å². The summed E-state index contributed by atoms with van der Waals surface area (Å²) in [5, 5.41) is 6.11. The molecule has 4 rings (SSSR count). The van der Waals surface area contributed by atoms with E-state index in [-0.39, 0.29) is 17.9 Å². The molecule has 2 saturated carbocycles. The van der Waals surface area contributed by atoms with E-state index < -0.39 is 0 Å². The highest BCUT2D eigenvalue weighted by atomic mass is 16.2. The van der Waals surface area contributed by atoms with E-state index in [9.17, 15) is 9.59 Å². The van der Waals surface area contributed by atoms with Gasteiger partial charge in [0.05, 0.1) is 17.8 Å². The average molecular weight is 384 g/mol. The van der Waals surface area contributed by atoms with Crippen molar-refractivity contribution in [2.75, 3.05) is 25.0 Å². The monoisotopic (exact) mass is 383 g/mol. The number of hydrogen-bond donors (Lipinski definition) is 2. The third-order valence-electron chi connectivity index (χ3n) is 6.88. The molecule has 1 saturated heterocycles. The molecule has 2 atom stereocenters. The van der Waals surface area contributed by atoms with Gasteiger partial charge in [0.15, 0.2) is 0 Å². The summed E-state index contributed by atoms with van der Waals surface area (Å²) in [6.45, 7) is 2.47. The molecule has 2 aliphatic carbocycles. The van der Waals surface area contributed by atoms with Crippen LogP contribution in [0.4, 0.5) is 5.69 Å². The Kier molecular flexibility index (Phi) is 6.30. The molecule has 1 aromatic carbocycles. The lowest BCUT2D eigenvalue weighted by atomic mass is 9.75. The summed E-state index contributed by atoms with van der Waals surface area (Å²) in [5.74, 6) is 1.54. The zero-order chi connectivity index (χ0) is 19.3. The smallest absolute Gasteiger partial charge is 0.253 e. The average Bonchev–Trinajstić information content (AvgIpc) is 3.21. The van der Waals surface area contributed by atoms with Crippen LogP contribution in [-0.2, 0) is 4.79 Å². The third-order valence-corrected chi connectivity index (χ3v) is 6.88. The molecule has 1 heterocycles. The molecule has 0 spiro atoms. The van der Waals surface area contributed by atoms with Gasteiger partial charge in [-0.2, -0.15) is 0 Å². The van der Waals surface area contributed by atoms with Crippen LogP contribution in [0.2, 0.25) is 0 Å². The lowest BCUT2D eigenvalue weighted by Crippen LogP contribution is -2.45. The molecule has 2 N–H and O–H groups in total. The van der Waals surface area contributed by atoms with Gasteiger partial charge in [0, 0.05) is 12.6 Å². The van der Waals surface area contributed by atoms with E-state index in [4.69, 9.17) is 0 Å². The van der Waals surface area contributed by atoms with Crippen molar-refractivity contribution in [2.24, 2.45) is 11.8 Å². The summed E-state index contributed by atoms with van der Waals surface area (Å²) in [6.07, 6.45) is 11.1. The number of rotatable bonds is 5. The van der Waals surface area contributed by atoms with Crippen LogP contribution in [0.1, 0.15) is 68.1 Å². The number of nitrogens with zero attached hydrogens (tertiary/aromatic N) is 1. The van der Waals surface area contributed by atoms with Crippen LogP contribution in [0.3, 0.4) is 0 Å². The Morgan fingerprint density at radius 2 is 1.64 bits per heavy atom. The number of piperidine rings is 1. The highest BCUT2D eigenvalue weighted by molar-refractivity contribution is 6.04. The second kappa shape index (κ2) is 9.08. The first-order valence-electron chi connectivity index (χ1n) is 11.1. The zero-order valence-electron chi connectivity index (χ0n) is 16.8. The fraction of sp³-hybridized carbons (Fsp3) is 0.652. The normalized spacial score (nSPS) is 25.9. The molecule has 5 nitrogen and oxygen atoms in total. The molecular weight excluding hydrogens is 350 g/mol. The molecule has 28 heavy (non-hydrogen) atoms. The van der Waals surface area contributed by atoms with Gasteiger partial charge in [-0.05, 0) is 56.2 Å². The number of fused-ring (bicyclic) bond motifs is 1. The van der Waals surface area contributed by atoms with Gasteiger partial charge in [-0.25, -0.2) is 0 Å². The van der Waals surface area contributed by atoms with Gasteiger partial charge in [0.1, 0.15) is 0 Å². The van der Waals surface area contributed by atoms with Crippen LogP contribution in [0.5, 0.6) is 0 Å². The van der Waals surface area contributed by atoms with Crippen molar-refractivity contribution in [2.45, 2.75) is 63.8 Å². The van der Waals surface area contributed by atoms with Crippen LogP contribution < -0.4 is 10.6 Å². The number of benzene rings is 1. The Morgan fingerprint density at radius 1 is 0.929 bits per heavy atom. The molecule has 0 unspecified atom stereocenters. The van der Waals surface area contributed by atoms with Crippen LogP contribution >= 0.6 is 0 Å². The molecule has 1 aliphatic heterocycles. The maximum Gasteiger partial charge on any atom is 0.253 e. The summed E-state index contributed by atoms with van der Waals surface area (Å²) < 4.78 is 0. The van der Waals surface area contributed by atoms with Crippen molar-refractivity contribution in [1.82, 2.24) is 10.2 Å². The first kappa shape index (κ1) is 19.4. The second-order valence-corrected chi connectivity index (χ2v) is 8.88. The predicted molar refractivity (Wildman–Crippen MR) is 111 cm³/mol. The zero-order valence-corrected chi connectivity index (χ0v) is 16.8. The van der Waals surface area contributed by atoms with Crippen molar-refractivity contribution < 1.29 is 9.59 Å². The van der Waals surface area contributed by atoms with Crippen LogP contribution in [0, 0.1) is 11.8 Å². The Labute approximate surface area is 168 Å². The Hall–Kier alpha value is -1.88. The fourth-order valence-corrected chi connectivity index (χ4v) is 5.34. The lowest BCUT2D eigenvalue weighted by Gasteiger charge is -2.41. The lowest BCUT2D eigenvalue weighted by molar-refractivity contribution is -0.118. The number of carbonyl (C=O) groups excluding carboxylic acids is 2. The summed E-state index contributed by atoms with van der Waals surface area (Å²) in [6, 6.07) is 7.62. The highest BCUT2D eigenvalue weighted by Gasteiger charge is 2.31. The number of likely N-dealkylation sites (tertiary alicyclic amines) is 1. The predicted octanol–water partition coefficient (Wildman–Crippen LogP) is 3.81. The van der Waals surface area contributed by atoms with Gasteiger partial charge < -0.3 is 10.6 Å². The molecule has 2 amide bonds. The quantitative estimate of drug-likeness (QED) is 0.813. The maximum absolute atomic E-state index is 12.7. The summed E-state index contributed by atoms with van der Waals surface area (Å²) in [5.41, 5.74) is 1.18. The van der Waals surface area contributed by atoms with Crippen molar-refractivity contribution in [3.63, 3.8) is 0 Å². The van der Waals surface area contributed by atoms with Gasteiger partial charge in [-0.1, -0.05) is 44.2 Å². The second-order valence-electron chi connectivity index (χ2n) is 8.88. The van der Waals surface area contributed by atoms with E-state index in [0.29, 0.717) is 17.8 Å².